The summed E-state index contributed by atoms with van der Waals surface area (Å²) in [6, 6.07) is 13.0. The van der Waals surface area contributed by atoms with Crippen LogP contribution in [-0.2, 0) is 4.79 Å². The predicted octanol–water partition coefficient (Wildman–Crippen LogP) is 3.28. The molecule has 7 heteroatoms. The van der Waals surface area contributed by atoms with E-state index in [0.29, 0.717) is 16.4 Å². The molecule has 0 radical (unpaired) electrons. The summed E-state index contributed by atoms with van der Waals surface area (Å²) in [5, 5.41) is 10.6. The molecule has 3 aromatic rings. The van der Waals surface area contributed by atoms with Crippen LogP contribution in [0.25, 0.3) is 5.69 Å². The average Bonchev–Trinajstić information content (AvgIpc) is 3.08. The van der Waals surface area contributed by atoms with Crippen molar-refractivity contribution in [2.75, 3.05) is 17.2 Å². The monoisotopic (exact) mass is 341 g/mol. The molecule has 1 heterocycles. The summed E-state index contributed by atoms with van der Waals surface area (Å²) in [5.74, 6) is -0.179. The fraction of sp³-hybridized carbons (Fsp3) is 0.118. The first kappa shape index (κ1) is 16.0. The second kappa shape index (κ2) is 7.14. The van der Waals surface area contributed by atoms with Crippen molar-refractivity contribution in [1.29, 1.82) is 0 Å². The number of anilines is 2. The van der Waals surface area contributed by atoms with Gasteiger partial charge in [0.15, 0.2) is 0 Å². The Balaban J connectivity index is 1.72. The van der Waals surface area contributed by atoms with Crippen molar-refractivity contribution in [3.05, 3.63) is 65.7 Å². The maximum atomic E-state index is 12.3. The minimum Gasteiger partial charge on any atom is -0.376 e. The molecule has 0 bridgehead atoms. The van der Waals surface area contributed by atoms with Gasteiger partial charge in [0.25, 0.3) is 0 Å². The van der Waals surface area contributed by atoms with Crippen molar-refractivity contribution in [3.63, 3.8) is 0 Å². The van der Waals surface area contributed by atoms with Crippen LogP contribution >= 0.6 is 11.6 Å². The number of para-hydroxylation sites is 1. The van der Waals surface area contributed by atoms with E-state index in [0.717, 1.165) is 11.3 Å². The molecule has 2 aromatic carbocycles. The van der Waals surface area contributed by atoms with Gasteiger partial charge in [0.2, 0.25) is 5.91 Å². The lowest BCUT2D eigenvalue weighted by atomic mass is 10.2. The van der Waals surface area contributed by atoms with Gasteiger partial charge in [-0.05, 0) is 36.8 Å². The summed E-state index contributed by atoms with van der Waals surface area (Å²) in [7, 11) is 0. The van der Waals surface area contributed by atoms with Crippen LogP contribution < -0.4 is 10.6 Å². The first-order chi connectivity index (χ1) is 11.6. The number of hydrogen-bond acceptors (Lipinski definition) is 4. The van der Waals surface area contributed by atoms with E-state index in [2.05, 4.69) is 20.7 Å². The summed E-state index contributed by atoms with van der Waals surface area (Å²) < 4.78 is 1.57. The highest BCUT2D eigenvalue weighted by Gasteiger charge is 2.10. The Morgan fingerprint density at radius 2 is 2.04 bits per heavy atom. The summed E-state index contributed by atoms with van der Waals surface area (Å²) in [5.41, 5.74) is 3.28. The van der Waals surface area contributed by atoms with Gasteiger partial charge < -0.3 is 10.6 Å². The van der Waals surface area contributed by atoms with Gasteiger partial charge >= 0.3 is 0 Å². The van der Waals surface area contributed by atoms with Crippen molar-refractivity contribution < 1.29 is 4.79 Å². The van der Waals surface area contributed by atoms with Crippen LogP contribution in [0.1, 0.15) is 5.56 Å². The van der Waals surface area contributed by atoms with Gasteiger partial charge in [-0.3, -0.25) is 4.79 Å². The lowest BCUT2D eigenvalue weighted by Gasteiger charge is -2.13. The molecule has 0 unspecified atom stereocenters. The number of nitrogens with zero attached hydrogens (tertiary/aromatic N) is 3. The molecular weight excluding hydrogens is 326 g/mol. The number of hydrogen-bond donors (Lipinski definition) is 2. The topological polar surface area (TPSA) is 71.8 Å². The van der Waals surface area contributed by atoms with Crippen molar-refractivity contribution in [3.8, 4) is 5.69 Å². The second-order valence-electron chi connectivity index (χ2n) is 5.22. The minimum atomic E-state index is -0.179. The molecule has 1 aromatic heterocycles. The Hall–Kier alpha value is -2.86. The molecule has 0 saturated heterocycles. The molecule has 0 aliphatic heterocycles. The molecule has 3 rings (SSSR count). The summed E-state index contributed by atoms with van der Waals surface area (Å²) in [6.07, 6.45) is 2.99. The fourth-order valence-electron chi connectivity index (χ4n) is 2.28. The summed E-state index contributed by atoms with van der Waals surface area (Å²) in [6.45, 7) is 2.13. The van der Waals surface area contributed by atoms with E-state index in [1.54, 1.807) is 29.2 Å². The lowest BCUT2D eigenvalue weighted by Crippen LogP contribution is -2.22. The standard InChI is InChI=1S/C17H16ClN5O/c1-12-4-2-3-5-14(12)20-9-17(24)22-15-8-13(18)6-7-16(15)23-11-19-10-21-23/h2-8,10-11,20H,9H2,1H3,(H,22,24). The van der Waals surface area contributed by atoms with Crippen molar-refractivity contribution in [2.45, 2.75) is 6.92 Å². The highest BCUT2D eigenvalue weighted by Crippen LogP contribution is 2.24. The smallest absolute Gasteiger partial charge is 0.243 e. The van der Waals surface area contributed by atoms with Gasteiger partial charge in [-0.25, -0.2) is 9.67 Å². The first-order valence-electron chi connectivity index (χ1n) is 7.37. The predicted molar refractivity (Wildman–Crippen MR) is 94.7 cm³/mol. The molecular formula is C17H16ClN5O. The molecule has 6 nitrogen and oxygen atoms in total. The van der Waals surface area contributed by atoms with Crippen LogP contribution in [0, 0.1) is 6.92 Å². The molecule has 24 heavy (non-hydrogen) atoms. The van der Waals surface area contributed by atoms with Crippen molar-refractivity contribution in [1.82, 2.24) is 14.8 Å². The Bertz CT molecular complexity index is 848. The van der Waals surface area contributed by atoms with Gasteiger partial charge in [-0.15, -0.1) is 0 Å². The normalized spacial score (nSPS) is 10.4. The Labute approximate surface area is 144 Å². The lowest BCUT2D eigenvalue weighted by molar-refractivity contribution is -0.114. The second-order valence-corrected chi connectivity index (χ2v) is 5.65. The third-order valence-corrected chi connectivity index (χ3v) is 3.72. The third kappa shape index (κ3) is 3.72. The van der Waals surface area contributed by atoms with Crippen LogP contribution in [-0.4, -0.2) is 27.2 Å². The Kier molecular flexibility index (Phi) is 4.77. The maximum Gasteiger partial charge on any atom is 0.243 e. The van der Waals surface area contributed by atoms with Crippen LogP contribution in [0.5, 0.6) is 0 Å². The van der Waals surface area contributed by atoms with E-state index in [1.165, 1.54) is 6.33 Å². The summed E-state index contributed by atoms with van der Waals surface area (Å²) in [4.78, 5) is 16.2. The van der Waals surface area contributed by atoms with Gasteiger partial charge in [0, 0.05) is 10.7 Å². The molecule has 0 atom stereocenters. The fourth-order valence-corrected chi connectivity index (χ4v) is 2.45. The van der Waals surface area contributed by atoms with Gasteiger partial charge in [-0.1, -0.05) is 29.8 Å². The number of aryl methyl sites for hydroxylation is 1. The van der Waals surface area contributed by atoms with Crippen LogP contribution in [0.15, 0.2) is 55.1 Å². The number of carbonyl (C=O) groups excluding carboxylic acids is 1. The number of benzene rings is 2. The van der Waals surface area contributed by atoms with Crippen molar-refractivity contribution in [2.24, 2.45) is 0 Å². The zero-order valence-corrected chi connectivity index (χ0v) is 13.8. The molecule has 1 amide bonds. The molecule has 0 aliphatic rings. The summed E-state index contributed by atoms with van der Waals surface area (Å²) >= 11 is 6.04. The molecule has 0 spiro atoms. The van der Waals surface area contributed by atoms with E-state index >= 15 is 0 Å². The first-order valence-corrected chi connectivity index (χ1v) is 7.75. The number of aromatic nitrogens is 3. The van der Waals surface area contributed by atoms with E-state index in [4.69, 9.17) is 11.6 Å². The minimum absolute atomic E-state index is 0.147. The molecule has 0 aliphatic carbocycles. The van der Waals surface area contributed by atoms with E-state index in [-0.39, 0.29) is 12.5 Å². The van der Waals surface area contributed by atoms with E-state index in [9.17, 15) is 4.79 Å². The molecule has 0 saturated carbocycles. The maximum absolute atomic E-state index is 12.3. The van der Waals surface area contributed by atoms with Crippen molar-refractivity contribution >= 4 is 28.9 Å². The van der Waals surface area contributed by atoms with E-state index in [1.807, 2.05) is 31.2 Å². The quantitative estimate of drug-likeness (QED) is 0.747. The molecule has 0 fully saturated rings. The van der Waals surface area contributed by atoms with Crippen LogP contribution in [0.2, 0.25) is 5.02 Å². The Morgan fingerprint density at radius 1 is 1.21 bits per heavy atom. The largest absolute Gasteiger partial charge is 0.376 e. The SMILES string of the molecule is Cc1ccccc1NCC(=O)Nc1cc(Cl)ccc1-n1cncn1. The van der Waals surface area contributed by atoms with Crippen LogP contribution in [0.4, 0.5) is 11.4 Å². The van der Waals surface area contributed by atoms with Gasteiger partial charge in [0.05, 0.1) is 17.9 Å². The average molecular weight is 342 g/mol. The number of halogens is 1. The highest BCUT2D eigenvalue weighted by atomic mass is 35.5. The molecule has 122 valence electrons. The van der Waals surface area contributed by atoms with Gasteiger partial charge in [0.1, 0.15) is 12.7 Å². The highest BCUT2D eigenvalue weighted by molar-refractivity contribution is 6.31. The number of carbonyl (C=O) groups is 1. The zero-order valence-electron chi connectivity index (χ0n) is 13.0. The van der Waals surface area contributed by atoms with Gasteiger partial charge in [-0.2, -0.15) is 5.10 Å². The van der Waals surface area contributed by atoms with E-state index < -0.39 is 0 Å². The molecule has 2 N–H and O–H groups in total. The number of rotatable bonds is 5. The zero-order chi connectivity index (χ0) is 16.9. The number of amides is 1. The third-order valence-electron chi connectivity index (χ3n) is 3.48. The Morgan fingerprint density at radius 3 is 2.79 bits per heavy atom. The van der Waals surface area contributed by atoms with Crippen LogP contribution in [0.3, 0.4) is 0 Å². The number of nitrogens with one attached hydrogen (secondary N) is 2.